The first-order valence-electron chi connectivity index (χ1n) is 16.8. The number of aliphatic hydroxyl groups excluding tert-OH is 1. The molecule has 0 spiro atoms. The molecule has 2 saturated heterocycles. The fraction of sp³-hybridized carbons (Fsp3) is 0.342. The lowest BCUT2D eigenvalue weighted by molar-refractivity contribution is -0.142. The minimum Gasteiger partial charge on any atom is -0.491 e. The summed E-state index contributed by atoms with van der Waals surface area (Å²) in [4.78, 5) is 70.1. The van der Waals surface area contributed by atoms with Crippen molar-refractivity contribution < 1.29 is 43.3 Å². The van der Waals surface area contributed by atoms with E-state index in [1.54, 1.807) is 48.5 Å². The molecule has 3 N–H and O–H groups in total. The van der Waals surface area contributed by atoms with Crippen LogP contribution in [0.15, 0.2) is 84.4 Å². The molecule has 3 fully saturated rings. The number of likely N-dealkylation sites (tertiary alicyclic amines) is 1. The van der Waals surface area contributed by atoms with Crippen LogP contribution in [0.25, 0.3) is 0 Å². The summed E-state index contributed by atoms with van der Waals surface area (Å²) in [5.74, 6) is -7.18. The summed E-state index contributed by atoms with van der Waals surface area (Å²) in [5.41, 5.74) is 3.40. The maximum Gasteiger partial charge on any atom is 0.303 e. The lowest BCUT2D eigenvalue weighted by atomic mass is 9.49. The molecule has 0 unspecified atom stereocenters. The van der Waals surface area contributed by atoms with Crippen LogP contribution in [0.5, 0.6) is 5.75 Å². The predicted molar refractivity (Wildman–Crippen MR) is 182 cm³/mol. The van der Waals surface area contributed by atoms with Crippen molar-refractivity contribution in [1.82, 2.24) is 9.91 Å². The van der Waals surface area contributed by atoms with E-state index in [0.29, 0.717) is 33.2 Å². The van der Waals surface area contributed by atoms with Gasteiger partial charge in [-0.15, -0.1) is 0 Å². The molecule has 4 aliphatic rings. The zero-order valence-electron chi connectivity index (χ0n) is 27.3. The zero-order valence-corrected chi connectivity index (χ0v) is 28.1. The average molecular weight is 716 g/mol. The van der Waals surface area contributed by atoms with Crippen molar-refractivity contribution in [2.24, 2.45) is 23.7 Å². The van der Waals surface area contributed by atoms with E-state index in [0.717, 1.165) is 9.91 Å². The summed E-state index contributed by atoms with van der Waals surface area (Å²) in [6.45, 7) is -0.358. The molecular formula is C38H35ClFN3O8. The lowest BCUT2D eigenvalue weighted by Gasteiger charge is -2.50. The van der Waals surface area contributed by atoms with Crippen LogP contribution < -0.4 is 10.2 Å². The van der Waals surface area contributed by atoms with E-state index in [1.165, 1.54) is 24.3 Å². The molecule has 264 valence electrons. The van der Waals surface area contributed by atoms with Gasteiger partial charge in [-0.3, -0.25) is 34.3 Å². The minimum atomic E-state index is -1.59. The van der Waals surface area contributed by atoms with Crippen molar-refractivity contribution in [2.75, 3.05) is 25.2 Å². The molecule has 2 heterocycles. The normalized spacial score (nSPS) is 26.8. The van der Waals surface area contributed by atoms with Gasteiger partial charge in [-0.1, -0.05) is 53.6 Å². The minimum absolute atomic E-state index is 0.0365. The molecule has 3 aromatic rings. The largest absolute Gasteiger partial charge is 0.491 e. The van der Waals surface area contributed by atoms with E-state index in [2.05, 4.69) is 5.43 Å². The number of carboxylic acid groups (broad SMARTS) is 1. The smallest absolute Gasteiger partial charge is 0.303 e. The number of hydrogen-bond acceptors (Lipinski definition) is 8. The Kier molecular flexibility index (Phi) is 9.15. The van der Waals surface area contributed by atoms with Crippen LogP contribution in [0, 0.1) is 29.5 Å². The fourth-order valence-corrected chi connectivity index (χ4v) is 8.81. The van der Waals surface area contributed by atoms with Gasteiger partial charge in [0.15, 0.2) is 0 Å². The summed E-state index contributed by atoms with van der Waals surface area (Å²) in [6, 6.07) is 19.0. The first kappa shape index (κ1) is 34.4. The molecule has 3 aromatic carbocycles. The number of carbonyl (C=O) groups excluding carboxylic acids is 4. The molecule has 13 heteroatoms. The number of carbonyl (C=O) groups is 5. The number of nitrogens with one attached hydrogen (secondary N) is 1. The Bertz CT molecular complexity index is 1940. The van der Waals surface area contributed by atoms with Gasteiger partial charge >= 0.3 is 5.97 Å². The van der Waals surface area contributed by atoms with E-state index in [9.17, 15) is 33.8 Å². The standard InChI is InChI=1S/C38H35ClFN3O8/c39-22-9-7-21(8-10-22)38-29(35(48)43(37(38)50)41-24-13-11-23(40)12-14-24)20-28-25(33(38)26-4-1-2-5-30(26)51-19-18-44)15-16-27-32(28)36(49)42(34(27)47)17-3-6-31(45)46/h1-2,4-5,7-15,27-29,32-33,41,44H,3,6,16-20H2,(H,45,46)/t27-,28+,29-,32-,33+,38+/m0/s1. The summed E-state index contributed by atoms with van der Waals surface area (Å²) < 4.78 is 19.9. The maximum absolute atomic E-state index is 15.2. The van der Waals surface area contributed by atoms with E-state index in [4.69, 9.17) is 16.3 Å². The number of halogens is 2. The Morgan fingerprint density at radius 2 is 1.69 bits per heavy atom. The summed E-state index contributed by atoms with van der Waals surface area (Å²) in [7, 11) is 0. The number of hydrazine groups is 1. The summed E-state index contributed by atoms with van der Waals surface area (Å²) >= 11 is 6.34. The third kappa shape index (κ3) is 5.66. The molecule has 1 saturated carbocycles. The number of rotatable bonds is 11. The number of fused-ring (bicyclic) bond motifs is 4. The van der Waals surface area contributed by atoms with Gasteiger partial charge in [-0.05, 0) is 73.2 Å². The molecule has 51 heavy (non-hydrogen) atoms. The van der Waals surface area contributed by atoms with Crippen LogP contribution in [-0.2, 0) is 29.4 Å². The van der Waals surface area contributed by atoms with Crippen molar-refractivity contribution >= 4 is 46.9 Å². The number of amides is 4. The number of nitrogens with zero attached hydrogens (tertiary/aromatic N) is 2. The predicted octanol–water partition coefficient (Wildman–Crippen LogP) is 4.70. The van der Waals surface area contributed by atoms with Gasteiger partial charge in [0.05, 0.1) is 35.5 Å². The van der Waals surface area contributed by atoms with Gasteiger partial charge in [-0.2, -0.15) is 5.01 Å². The Morgan fingerprint density at radius 3 is 2.39 bits per heavy atom. The summed E-state index contributed by atoms with van der Waals surface area (Å²) in [6.07, 6.45) is 2.07. The topological polar surface area (TPSA) is 154 Å². The first-order chi connectivity index (χ1) is 24.6. The van der Waals surface area contributed by atoms with Gasteiger partial charge in [0, 0.05) is 29.5 Å². The van der Waals surface area contributed by atoms with Gasteiger partial charge in [-0.25, -0.2) is 4.39 Å². The van der Waals surface area contributed by atoms with Gasteiger partial charge in [0.2, 0.25) is 11.8 Å². The van der Waals surface area contributed by atoms with Crippen LogP contribution >= 0.6 is 11.6 Å². The average Bonchev–Trinajstić information content (AvgIpc) is 3.49. The number of aliphatic hydroxyl groups is 1. The highest BCUT2D eigenvalue weighted by Crippen LogP contribution is 2.65. The number of hydrogen-bond donors (Lipinski definition) is 3. The van der Waals surface area contributed by atoms with Gasteiger partial charge in [0.1, 0.15) is 18.2 Å². The Morgan fingerprint density at radius 1 is 0.961 bits per heavy atom. The lowest BCUT2D eigenvalue weighted by Crippen LogP contribution is -2.53. The van der Waals surface area contributed by atoms with Crippen molar-refractivity contribution in [3.05, 3.63) is 106 Å². The molecule has 11 nitrogen and oxygen atoms in total. The molecule has 2 aliphatic heterocycles. The van der Waals surface area contributed by atoms with Gasteiger partial charge < -0.3 is 14.9 Å². The maximum atomic E-state index is 15.2. The zero-order chi connectivity index (χ0) is 36.0. The Hall–Kier alpha value is -5.07. The van der Waals surface area contributed by atoms with Crippen molar-refractivity contribution in [1.29, 1.82) is 0 Å². The van der Waals surface area contributed by atoms with Crippen LogP contribution in [0.4, 0.5) is 10.1 Å². The second-order valence-electron chi connectivity index (χ2n) is 13.3. The fourth-order valence-electron chi connectivity index (χ4n) is 8.68. The highest BCUT2D eigenvalue weighted by atomic mass is 35.5. The summed E-state index contributed by atoms with van der Waals surface area (Å²) in [5, 5.41) is 20.2. The number of carboxylic acids is 1. The van der Waals surface area contributed by atoms with Crippen LogP contribution in [0.2, 0.25) is 5.02 Å². The molecule has 0 aromatic heterocycles. The molecule has 0 bridgehead atoms. The second-order valence-corrected chi connectivity index (χ2v) is 13.7. The van der Waals surface area contributed by atoms with E-state index < -0.39 is 64.5 Å². The quantitative estimate of drug-likeness (QED) is 0.189. The van der Waals surface area contributed by atoms with Gasteiger partial charge in [0.25, 0.3) is 11.8 Å². The van der Waals surface area contributed by atoms with Crippen LogP contribution in [-0.4, -0.2) is 69.5 Å². The first-order valence-corrected chi connectivity index (χ1v) is 17.2. The van der Waals surface area contributed by atoms with Crippen molar-refractivity contribution in [3.8, 4) is 5.75 Å². The second kappa shape index (κ2) is 13.6. The monoisotopic (exact) mass is 715 g/mol. The van der Waals surface area contributed by atoms with E-state index >= 15 is 4.79 Å². The Labute approximate surface area is 297 Å². The molecular weight excluding hydrogens is 681 g/mol. The number of para-hydroxylation sites is 1. The molecule has 4 amide bonds. The number of anilines is 1. The van der Waals surface area contributed by atoms with Crippen molar-refractivity contribution in [3.63, 3.8) is 0 Å². The van der Waals surface area contributed by atoms with Crippen LogP contribution in [0.3, 0.4) is 0 Å². The SMILES string of the molecule is O=C(O)CCCN1C(=O)[C@H]2[C@H](CC=C3[C@H]2C[C@H]2C(=O)N(Nc4ccc(F)cc4)C(=O)[C@@]2(c2ccc(Cl)cc2)[C@H]3c2ccccc2OCCO)C1=O. The number of aliphatic carboxylic acids is 1. The number of ether oxygens (including phenoxy) is 1. The third-order valence-electron chi connectivity index (χ3n) is 10.7. The number of imide groups is 2. The number of allylic oxidation sites excluding steroid dienone is 2. The van der Waals surface area contributed by atoms with E-state index in [1.807, 2.05) is 6.08 Å². The van der Waals surface area contributed by atoms with Crippen LogP contribution in [0.1, 0.15) is 42.7 Å². The molecule has 0 radical (unpaired) electrons. The highest BCUT2D eigenvalue weighted by molar-refractivity contribution is 6.30. The highest BCUT2D eigenvalue weighted by Gasteiger charge is 2.70. The Balaban J connectivity index is 1.41. The van der Waals surface area contributed by atoms with E-state index in [-0.39, 0.29) is 51.3 Å². The third-order valence-corrected chi connectivity index (χ3v) is 11.0. The molecule has 2 aliphatic carbocycles. The molecule has 6 atom stereocenters. The molecule has 7 rings (SSSR count). The van der Waals surface area contributed by atoms with Crippen molar-refractivity contribution in [2.45, 2.75) is 37.0 Å². The number of benzene rings is 3.